The van der Waals surface area contributed by atoms with Gasteiger partial charge in [0, 0.05) is 21.6 Å². The highest BCUT2D eigenvalue weighted by Crippen LogP contribution is 2.27. The standard InChI is InChI=1S/C17H20BrNO/c1-12-8-9-17(15(10-12)13(2)19-3)20-11-14-6-4-5-7-16(14)18/h4-10,13,19H,11H2,1-3H3. The van der Waals surface area contributed by atoms with Crippen molar-refractivity contribution >= 4 is 15.9 Å². The fraction of sp³-hybridized carbons (Fsp3) is 0.294. The van der Waals surface area contributed by atoms with Gasteiger partial charge < -0.3 is 10.1 Å². The first-order valence-corrected chi connectivity index (χ1v) is 7.55. The molecule has 0 radical (unpaired) electrons. The molecule has 2 aromatic carbocycles. The zero-order chi connectivity index (χ0) is 14.5. The number of benzene rings is 2. The molecule has 106 valence electrons. The summed E-state index contributed by atoms with van der Waals surface area (Å²) < 4.78 is 7.09. The van der Waals surface area contributed by atoms with Gasteiger partial charge in [0.15, 0.2) is 0 Å². The molecule has 0 heterocycles. The van der Waals surface area contributed by atoms with Crippen molar-refractivity contribution in [3.05, 3.63) is 63.6 Å². The average molecular weight is 334 g/mol. The van der Waals surface area contributed by atoms with Crippen molar-refractivity contribution in [3.8, 4) is 5.75 Å². The molecule has 2 aromatic rings. The summed E-state index contributed by atoms with van der Waals surface area (Å²) in [5.41, 5.74) is 3.59. The van der Waals surface area contributed by atoms with Crippen LogP contribution in [-0.4, -0.2) is 7.05 Å². The Kier molecular flexibility index (Phi) is 5.21. The largest absolute Gasteiger partial charge is 0.489 e. The van der Waals surface area contributed by atoms with Crippen molar-refractivity contribution in [3.63, 3.8) is 0 Å². The second-order valence-electron chi connectivity index (χ2n) is 4.93. The zero-order valence-electron chi connectivity index (χ0n) is 12.1. The van der Waals surface area contributed by atoms with E-state index in [0.29, 0.717) is 6.61 Å². The smallest absolute Gasteiger partial charge is 0.124 e. The minimum absolute atomic E-state index is 0.268. The Bertz CT molecular complexity index is 583. The first-order valence-electron chi connectivity index (χ1n) is 6.76. The van der Waals surface area contributed by atoms with E-state index in [0.717, 1.165) is 15.8 Å². The van der Waals surface area contributed by atoms with Gasteiger partial charge in [0.05, 0.1) is 0 Å². The predicted octanol–water partition coefficient (Wildman–Crippen LogP) is 4.62. The van der Waals surface area contributed by atoms with Crippen LogP contribution in [0, 0.1) is 6.92 Å². The lowest BCUT2D eigenvalue weighted by Crippen LogP contribution is -2.14. The molecule has 0 fully saturated rings. The van der Waals surface area contributed by atoms with Crippen LogP contribution in [-0.2, 0) is 6.61 Å². The Morgan fingerprint density at radius 2 is 1.95 bits per heavy atom. The molecule has 1 N–H and O–H groups in total. The molecule has 0 aromatic heterocycles. The van der Waals surface area contributed by atoms with Crippen molar-refractivity contribution in [1.82, 2.24) is 5.32 Å². The topological polar surface area (TPSA) is 21.3 Å². The summed E-state index contributed by atoms with van der Waals surface area (Å²) in [4.78, 5) is 0. The van der Waals surface area contributed by atoms with Crippen LogP contribution in [0.1, 0.15) is 29.7 Å². The number of nitrogens with one attached hydrogen (secondary N) is 1. The maximum absolute atomic E-state index is 6.01. The summed E-state index contributed by atoms with van der Waals surface area (Å²) in [6, 6.07) is 14.7. The summed E-state index contributed by atoms with van der Waals surface area (Å²) in [6.07, 6.45) is 0. The number of aryl methyl sites for hydroxylation is 1. The fourth-order valence-corrected chi connectivity index (χ4v) is 2.46. The number of halogens is 1. The predicted molar refractivity (Wildman–Crippen MR) is 87.1 cm³/mol. The molecule has 1 atom stereocenters. The van der Waals surface area contributed by atoms with Crippen molar-refractivity contribution in [2.75, 3.05) is 7.05 Å². The van der Waals surface area contributed by atoms with Crippen LogP contribution in [0.15, 0.2) is 46.9 Å². The Morgan fingerprint density at radius 3 is 2.65 bits per heavy atom. The summed E-state index contributed by atoms with van der Waals surface area (Å²) in [5.74, 6) is 0.938. The number of hydrogen-bond acceptors (Lipinski definition) is 2. The third-order valence-corrected chi connectivity index (χ3v) is 4.18. The van der Waals surface area contributed by atoms with Crippen molar-refractivity contribution in [2.24, 2.45) is 0 Å². The quantitative estimate of drug-likeness (QED) is 0.862. The molecule has 20 heavy (non-hydrogen) atoms. The molecule has 0 amide bonds. The average Bonchev–Trinajstić information content (AvgIpc) is 2.46. The lowest BCUT2D eigenvalue weighted by atomic mass is 10.0. The highest BCUT2D eigenvalue weighted by molar-refractivity contribution is 9.10. The van der Waals surface area contributed by atoms with Crippen LogP contribution < -0.4 is 10.1 Å². The third-order valence-electron chi connectivity index (χ3n) is 3.41. The van der Waals surface area contributed by atoms with Crippen LogP contribution in [0.3, 0.4) is 0 Å². The first-order chi connectivity index (χ1) is 9.61. The van der Waals surface area contributed by atoms with Gasteiger partial charge in [0.1, 0.15) is 12.4 Å². The summed E-state index contributed by atoms with van der Waals surface area (Å²) in [5, 5.41) is 3.27. The summed E-state index contributed by atoms with van der Waals surface area (Å²) >= 11 is 3.55. The maximum Gasteiger partial charge on any atom is 0.124 e. The molecule has 0 saturated heterocycles. The Morgan fingerprint density at radius 1 is 1.20 bits per heavy atom. The van der Waals surface area contributed by atoms with E-state index in [2.05, 4.69) is 59.4 Å². The molecular weight excluding hydrogens is 314 g/mol. The molecular formula is C17H20BrNO. The van der Waals surface area contributed by atoms with Gasteiger partial charge in [-0.1, -0.05) is 51.8 Å². The lowest BCUT2D eigenvalue weighted by Gasteiger charge is -2.17. The van der Waals surface area contributed by atoms with E-state index in [1.54, 1.807) is 0 Å². The first kappa shape index (κ1) is 15.1. The van der Waals surface area contributed by atoms with Gasteiger partial charge >= 0.3 is 0 Å². The van der Waals surface area contributed by atoms with Gasteiger partial charge in [0.2, 0.25) is 0 Å². The Balaban J connectivity index is 2.19. The molecule has 2 rings (SSSR count). The second-order valence-corrected chi connectivity index (χ2v) is 5.79. The lowest BCUT2D eigenvalue weighted by molar-refractivity contribution is 0.299. The van der Waals surface area contributed by atoms with Gasteiger partial charge in [-0.2, -0.15) is 0 Å². The number of ether oxygens (including phenoxy) is 1. The van der Waals surface area contributed by atoms with E-state index in [1.165, 1.54) is 11.1 Å². The molecule has 0 saturated carbocycles. The number of rotatable bonds is 5. The highest BCUT2D eigenvalue weighted by atomic mass is 79.9. The van der Waals surface area contributed by atoms with E-state index in [9.17, 15) is 0 Å². The van der Waals surface area contributed by atoms with E-state index in [1.807, 2.05) is 25.2 Å². The molecule has 3 heteroatoms. The monoisotopic (exact) mass is 333 g/mol. The molecule has 0 spiro atoms. The van der Waals surface area contributed by atoms with Gasteiger partial charge in [0.25, 0.3) is 0 Å². The van der Waals surface area contributed by atoms with Crippen molar-refractivity contribution in [2.45, 2.75) is 26.5 Å². The van der Waals surface area contributed by atoms with Crippen LogP contribution >= 0.6 is 15.9 Å². The molecule has 1 unspecified atom stereocenters. The van der Waals surface area contributed by atoms with Crippen molar-refractivity contribution in [1.29, 1.82) is 0 Å². The second kappa shape index (κ2) is 6.91. The van der Waals surface area contributed by atoms with Gasteiger partial charge in [-0.15, -0.1) is 0 Å². The summed E-state index contributed by atoms with van der Waals surface area (Å²) in [6.45, 7) is 4.80. The van der Waals surface area contributed by atoms with E-state index < -0.39 is 0 Å². The minimum Gasteiger partial charge on any atom is -0.489 e. The Labute approximate surface area is 129 Å². The van der Waals surface area contributed by atoms with E-state index >= 15 is 0 Å². The van der Waals surface area contributed by atoms with Gasteiger partial charge in [-0.25, -0.2) is 0 Å². The molecule has 0 aliphatic heterocycles. The van der Waals surface area contributed by atoms with Gasteiger partial charge in [-0.3, -0.25) is 0 Å². The molecule has 0 bridgehead atoms. The summed E-state index contributed by atoms with van der Waals surface area (Å²) in [7, 11) is 1.96. The Hall–Kier alpha value is -1.32. The van der Waals surface area contributed by atoms with Crippen LogP contribution in [0.5, 0.6) is 5.75 Å². The van der Waals surface area contributed by atoms with Crippen LogP contribution in [0.4, 0.5) is 0 Å². The van der Waals surface area contributed by atoms with Gasteiger partial charge in [-0.05, 0) is 33.0 Å². The zero-order valence-corrected chi connectivity index (χ0v) is 13.7. The third kappa shape index (κ3) is 3.62. The molecule has 0 aliphatic carbocycles. The SMILES string of the molecule is CNC(C)c1cc(C)ccc1OCc1ccccc1Br. The molecule has 2 nitrogen and oxygen atoms in total. The van der Waals surface area contributed by atoms with Crippen LogP contribution in [0.2, 0.25) is 0 Å². The molecule has 0 aliphatic rings. The fourth-order valence-electron chi connectivity index (χ4n) is 2.06. The normalized spacial score (nSPS) is 12.2. The van der Waals surface area contributed by atoms with E-state index in [4.69, 9.17) is 4.74 Å². The minimum atomic E-state index is 0.268. The van der Waals surface area contributed by atoms with E-state index in [-0.39, 0.29) is 6.04 Å². The van der Waals surface area contributed by atoms with Crippen molar-refractivity contribution < 1.29 is 4.74 Å². The maximum atomic E-state index is 6.01. The van der Waals surface area contributed by atoms with Crippen LogP contribution in [0.25, 0.3) is 0 Å². The highest BCUT2D eigenvalue weighted by Gasteiger charge is 2.11. The number of hydrogen-bond donors (Lipinski definition) is 1.